The van der Waals surface area contributed by atoms with E-state index >= 15 is 0 Å². The fourth-order valence-electron chi connectivity index (χ4n) is 1.39. The number of rotatable bonds is 5. The number of amides is 2. The molecule has 0 radical (unpaired) electrons. The molecule has 8 heteroatoms. The van der Waals surface area contributed by atoms with Gasteiger partial charge in [-0.15, -0.1) is 0 Å². The van der Waals surface area contributed by atoms with Crippen LogP contribution in [0.2, 0.25) is 0 Å². The van der Waals surface area contributed by atoms with Gasteiger partial charge in [0.15, 0.2) is 5.82 Å². The third kappa shape index (κ3) is 3.08. The minimum absolute atomic E-state index is 0.0718. The highest BCUT2D eigenvalue weighted by Crippen LogP contribution is 2.22. The Morgan fingerprint density at radius 3 is 2.33 bits per heavy atom. The molecule has 6 N–H and O–H groups in total. The lowest BCUT2D eigenvalue weighted by Crippen LogP contribution is -2.40. The molecule has 0 unspecified atom stereocenters. The fraction of sp³-hybridized carbons (Fsp3) is 0.200. The van der Waals surface area contributed by atoms with E-state index in [1.165, 1.54) is 17.2 Å². The molecule has 0 saturated heterocycles. The summed E-state index contributed by atoms with van der Waals surface area (Å²) in [5, 5.41) is 8.83. The molecule has 1 aromatic rings. The number of carbonyl (C=O) groups excluding carboxylic acids is 2. The summed E-state index contributed by atoms with van der Waals surface area (Å²) < 4.78 is 0. The van der Waals surface area contributed by atoms with Gasteiger partial charge in [0.05, 0.1) is 24.3 Å². The number of anilines is 2. The third-order valence-electron chi connectivity index (χ3n) is 2.08. The van der Waals surface area contributed by atoms with Gasteiger partial charge in [0, 0.05) is 6.20 Å². The largest absolute Gasteiger partial charge is 0.395 e. The van der Waals surface area contributed by atoms with Crippen LogP contribution in [0.25, 0.3) is 0 Å². The minimum Gasteiger partial charge on any atom is -0.395 e. The van der Waals surface area contributed by atoms with Gasteiger partial charge >= 0.3 is 0 Å². The number of nitriles is 1. The summed E-state index contributed by atoms with van der Waals surface area (Å²) in [5.41, 5.74) is 16.1. The van der Waals surface area contributed by atoms with Crippen molar-refractivity contribution in [1.82, 2.24) is 4.98 Å². The topological polar surface area (TPSA) is 152 Å². The molecule has 1 aromatic heterocycles. The van der Waals surface area contributed by atoms with Crippen molar-refractivity contribution in [3.63, 3.8) is 0 Å². The van der Waals surface area contributed by atoms with Gasteiger partial charge in [0.2, 0.25) is 11.8 Å². The summed E-state index contributed by atoms with van der Waals surface area (Å²) >= 11 is 0. The van der Waals surface area contributed by atoms with Crippen LogP contribution >= 0.6 is 0 Å². The summed E-state index contributed by atoms with van der Waals surface area (Å²) in [7, 11) is 0. The van der Waals surface area contributed by atoms with E-state index in [4.69, 9.17) is 22.5 Å². The molecule has 0 aliphatic carbocycles. The third-order valence-corrected chi connectivity index (χ3v) is 2.08. The smallest absolute Gasteiger partial charge is 0.237 e. The Labute approximate surface area is 103 Å². The summed E-state index contributed by atoms with van der Waals surface area (Å²) in [4.78, 5) is 27.0. The Kier molecular flexibility index (Phi) is 4.04. The van der Waals surface area contributed by atoms with Crippen molar-refractivity contribution in [2.24, 2.45) is 11.5 Å². The lowest BCUT2D eigenvalue weighted by Gasteiger charge is -2.22. The fourth-order valence-corrected chi connectivity index (χ4v) is 1.39. The van der Waals surface area contributed by atoms with Gasteiger partial charge in [-0.1, -0.05) is 0 Å². The summed E-state index contributed by atoms with van der Waals surface area (Å²) in [5.74, 6) is -1.20. The summed E-state index contributed by atoms with van der Waals surface area (Å²) in [6.07, 6.45) is 1.35. The van der Waals surface area contributed by atoms with E-state index in [0.29, 0.717) is 0 Å². The van der Waals surface area contributed by atoms with Crippen molar-refractivity contribution < 1.29 is 9.59 Å². The molecule has 94 valence electrons. The molecule has 0 atom stereocenters. The number of nitrogen functional groups attached to an aromatic ring is 1. The molecular weight excluding hydrogens is 236 g/mol. The van der Waals surface area contributed by atoms with Crippen LogP contribution in [-0.2, 0) is 9.59 Å². The molecule has 2 amide bonds. The van der Waals surface area contributed by atoms with Crippen molar-refractivity contribution in [2.45, 2.75) is 0 Å². The maximum atomic E-state index is 10.9. The number of carbonyl (C=O) groups is 2. The van der Waals surface area contributed by atoms with E-state index in [1.54, 1.807) is 0 Å². The first-order valence-electron chi connectivity index (χ1n) is 4.91. The van der Waals surface area contributed by atoms with Crippen molar-refractivity contribution in [1.29, 1.82) is 5.26 Å². The second kappa shape index (κ2) is 5.49. The van der Waals surface area contributed by atoms with Crippen molar-refractivity contribution in [3.05, 3.63) is 17.8 Å². The average Bonchev–Trinajstić information content (AvgIpc) is 2.27. The van der Waals surface area contributed by atoms with Crippen molar-refractivity contribution >= 4 is 23.3 Å². The number of primary amides is 2. The van der Waals surface area contributed by atoms with Gasteiger partial charge in [0.1, 0.15) is 6.07 Å². The monoisotopic (exact) mass is 248 g/mol. The van der Waals surface area contributed by atoms with Crippen LogP contribution in [0.4, 0.5) is 11.5 Å². The molecule has 18 heavy (non-hydrogen) atoms. The highest BCUT2D eigenvalue weighted by atomic mass is 16.2. The molecule has 1 rings (SSSR count). The lowest BCUT2D eigenvalue weighted by molar-refractivity contribution is -0.117. The highest BCUT2D eigenvalue weighted by Gasteiger charge is 2.17. The van der Waals surface area contributed by atoms with Gasteiger partial charge in [-0.25, -0.2) is 4.98 Å². The van der Waals surface area contributed by atoms with Gasteiger partial charge < -0.3 is 22.1 Å². The number of pyridine rings is 1. The molecule has 0 aromatic carbocycles. The molecular formula is C10H12N6O2. The minimum atomic E-state index is -0.667. The quantitative estimate of drug-likeness (QED) is 0.565. The zero-order valence-electron chi connectivity index (χ0n) is 9.46. The zero-order chi connectivity index (χ0) is 13.7. The van der Waals surface area contributed by atoms with E-state index in [9.17, 15) is 9.59 Å². The molecule has 0 bridgehead atoms. The Bertz CT molecular complexity index is 506. The normalized spacial score (nSPS) is 9.50. The van der Waals surface area contributed by atoms with E-state index in [-0.39, 0.29) is 30.2 Å². The van der Waals surface area contributed by atoms with Gasteiger partial charge in [0.25, 0.3) is 0 Å². The first kappa shape index (κ1) is 13.2. The van der Waals surface area contributed by atoms with Crippen LogP contribution < -0.4 is 22.1 Å². The second-order valence-corrected chi connectivity index (χ2v) is 3.50. The average molecular weight is 248 g/mol. The van der Waals surface area contributed by atoms with E-state index in [2.05, 4.69) is 4.98 Å². The molecule has 0 saturated carbocycles. The highest BCUT2D eigenvalue weighted by molar-refractivity contribution is 5.86. The number of aromatic nitrogens is 1. The van der Waals surface area contributed by atoms with Gasteiger partial charge in [-0.3, -0.25) is 9.59 Å². The van der Waals surface area contributed by atoms with Crippen molar-refractivity contribution in [3.8, 4) is 6.07 Å². The van der Waals surface area contributed by atoms with Gasteiger partial charge in [-0.05, 0) is 6.07 Å². The van der Waals surface area contributed by atoms with Crippen LogP contribution in [0.5, 0.6) is 0 Å². The van der Waals surface area contributed by atoms with Crippen molar-refractivity contribution in [2.75, 3.05) is 23.7 Å². The predicted molar refractivity (Wildman–Crippen MR) is 64.0 cm³/mol. The Morgan fingerprint density at radius 2 is 1.89 bits per heavy atom. The summed E-state index contributed by atoms with van der Waals surface area (Å²) in [6, 6.07) is 3.30. The predicted octanol–water partition coefficient (Wildman–Crippen LogP) is -1.69. The molecule has 0 aliphatic heterocycles. The van der Waals surface area contributed by atoms with Crippen LogP contribution in [0.1, 0.15) is 5.56 Å². The van der Waals surface area contributed by atoms with Crippen LogP contribution in [0.3, 0.4) is 0 Å². The lowest BCUT2D eigenvalue weighted by atomic mass is 10.2. The number of hydrogen-bond acceptors (Lipinski definition) is 6. The van der Waals surface area contributed by atoms with Crippen LogP contribution in [-0.4, -0.2) is 29.9 Å². The first-order valence-corrected chi connectivity index (χ1v) is 4.91. The zero-order valence-corrected chi connectivity index (χ0v) is 9.46. The van der Waals surface area contributed by atoms with E-state index in [0.717, 1.165) is 0 Å². The molecule has 8 nitrogen and oxygen atoms in total. The van der Waals surface area contributed by atoms with Gasteiger partial charge in [-0.2, -0.15) is 5.26 Å². The van der Waals surface area contributed by atoms with Crippen LogP contribution in [0, 0.1) is 11.3 Å². The molecule has 0 aliphatic rings. The Morgan fingerprint density at radius 1 is 1.33 bits per heavy atom. The molecule has 1 heterocycles. The Balaban J connectivity index is 3.16. The standard InChI is InChI=1S/C10H12N6O2/c11-3-6-1-2-15-10(9(6)14)16(4-7(12)17)5-8(13)18/h1-2H,4-5,14H2,(H2,12,17)(H2,13,18). The van der Waals surface area contributed by atoms with Crippen LogP contribution in [0.15, 0.2) is 12.3 Å². The maximum absolute atomic E-state index is 10.9. The molecule has 0 fully saturated rings. The SMILES string of the molecule is N#Cc1ccnc(N(CC(N)=O)CC(N)=O)c1N. The second-order valence-electron chi connectivity index (χ2n) is 3.50. The molecule has 0 spiro atoms. The Hall–Kier alpha value is -2.82. The van der Waals surface area contributed by atoms with E-state index < -0.39 is 11.8 Å². The maximum Gasteiger partial charge on any atom is 0.237 e. The number of nitrogens with zero attached hydrogens (tertiary/aromatic N) is 3. The first-order chi connectivity index (χ1) is 8.45. The number of hydrogen-bond donors (Lipinski definition) is 3. The van der Waals surface area contributed by atoms with E-state index in [1.807, 2.05) is 6.07 Å². The summed E-state index contributed by atoms with van der Waals surface area (Å²) in [6.45, 7) is -0.538. The number of nitrogens with two attached hydrogens (primary N) is 3.